The molecule has 1 nitrogen and oxygen atoms in total. The molecule has 0 radical (unpaired) electrons. The Bertz CT molecular complexity index is 422. The van der Waals surface area contributed by atoms with Gasteiger partial charge in [-0.05, 0) is 0 Å². The monoisotopic (exact) mass is 349 g/mol. The van der Waals surface area contributed by atoms with Crippen LogP contribution in [0.2, 0.25) is 0 Å². The fraction of sp³-hybridized carbons (Fsp3) is 0.733. The third-order valence-corrected chi connectivity index (χ3v) is 7.55. The molecule has 0 spiro atoms. The second-order valence-corrected chi connectivity index (χ2v) is 11.8. The zero-order valence-electron chi connectivity index (χ0n) is 13.8. The van der Waals surface area contributed by atoms with Crippen molar-refractivity contribution in [3.05, 3.63) is 0 Å². The second-order valence-electron chi connectivity index (χ2n) is 5.75. The smallest absolute Gasteiger partial charge is 0.106 e. The number of rotatable bonds is 7. The van der Waals surface area contributed by atoms with Crippen LogP contribution in [-0.4, -0.2) is 29.8 Å². The zero-order chi connectivity index (χ0) is 15.4. The normalized spacial score (nSPS) is 11.9. The van der Waals surface area contributed by atoms with Gasteiger partial charge in [-0.1, -0.05) is 41.5 Å². The average Bonchev–Trinajstić information content (AvgIpc) is 2.56. The van der Waals surface area contributed by atoms with E-state index in [4.69, 9.17) is 0 Å². The Morgan fingerprint density at radius 3 is 1.60 bits per heavy atom. The molecule has 0 aromatic carbocycles. The van der Waals surface area contributed by atoms with Crippen LogP contribution in [0.1, 0.15) is 41.5 Å². The van der Waals surface area contributed by atoms with Gasteiger partial charge in [0.2, 0.25) is 0 Å². The molecule has 0 atom stereocenters. The van der Waals surface area contributed by atoms with Crippen LogP contribution >= 0.6 is 46.6 Å². The summed E-state index contributed by atoms with van der Waals surface area (Å²) in [6, 6.07) is 0. The maximum absolute atomic E-state index is 2.28. The lowest BCUT2D eigenvalue weighted by atomic mass is 10.5. The molecule has 20 heavy (non-hydrogen) atoms. The molecule has 1 heterocycles. The predicted octanol–water partition coefficient (Wildman–Crippen LogP) is 6.32. The maximum Gasteiger partial charge on any atom is 0.106 e. The van der Waals surface area contributed by atoms with Gasteiger partial charge >= 0.3 is 0 Å². The van der Waals surface area contributed by atoms with Crippen LogP contribution in [0.25, 0.3) is 0 Å². The number of hydrogen-bond donors (Lipinski definition) is 0. The SMILES string of the molecule is CC(C)Sc1sc(N(C)C)c(SC(C)C)c1SC(C)C. The molecule has 0 fully saturated rings. The van der Waals surface area contributed by atoms with Crippen molar-refractivity contribution in [3.8, 4) is 0 Å². The Kier molecular flexibility index (Phi) is 7.67. The van der Waals surface area contributed by atoms with E-state index in [0.29, 0.717) is 15.7 Å². The van der Waals surface area contributed by atoms with E-state index in [-0.39, 0.29) is 0 Å². The van der Waals surface area contributed by atoms with E-state index in [2.05, 4.69) is 60.5 Å². The quantitative estimate of drug-likeness (QED) is 0.530. The van der Waals surface area contributed by atoms with Crippen molar-refractivity contribution in [1.82, 2.24) is 0 Å². The van der Waals surface area contributed by atoms with Crippen molar-refractivity contribution in [2.45, 2.75) is 71.3 Å². The summed E-state index contributed by atoms with van der Waals surface area (Å²) < 4.78 is 1.49. The van der Waals surface area contributed by atoms with Crippen LogP contribution in [0.3, 0.4) is 0 Å². The minimum Gasteiger partial charge on any atom is -0.369 e. The number of thiophene rings is 1. The van der Waals surface area contributed by atoms with Crippen LogP contribution in [0.4, 0.5) is 5.00 Å². The maximum atomic E-state index is 2.28. The van der Waals surface area contributed by atoms with Gasteiger partial charge in [0.25, 0.3) is 0 Å². The summed E-state index contributed by atoms with van der Waals surface area (Å²) in [5, 5.41) is 3.28. The molecule has 1 rings (SSSR count). The van der Waals surface area contributed by atoms with Gasteiger partial charge in [-0.3, -0.25) is 0 Å². The first-order valence-electron chi connectivity index (χ1n) is 7.06. The zero-order valence-corrected chi connectivity index (χ0v) is 17.1. The minimum absolute atomic E-state index is 0.617. The first-order chi connectivity index (χ1) is 9.22. The van der Waals surface area contributed by atoms with E-state index in [0.717, 1.165) is 0 Å². The molecule has 0 N–H and O–H groups in total. The number of thioether (sulfide) groups is 3. The molecular weight excluding hydrogens is 322 g/mol. The number of hydrogen-bond acceptors (Lipinski definition) is 5. The van der Waals surface area contributed by atoms with Crippen molar-refractivity contribution in [1.29, 1.82) is 0 Å². The van der Waals surface area contributed by atoms with Gasteiger partial charge in [-0.15, -0.1) is 46.6 Å². The van der Waals surface area contributed by atoms with Gasteiger partial charge in [0.15, 0.2) is 0 Å². The molecule has 0 aliphatic carbocycles. The van der Waals surface area contributed by atoms with Crippen LogP contribution in [0, 0.1) is 0 Å². The molecule has 1 aromatic heterocycles. The van der Waals surface area contributed by atoms with Gasteiger partial charge in [0.1, 0.15) is 5.00 Å². The molecular formula is C15H27NS4. The van der Waals surface area contributed by atoms with Crippen molar-refractivity contribution >= 4 is 51.6 Å². The summed E-state index contributed by atoms with van der Waals surface area (Å²) in [5.74, 6) is 0. The molecule has 0 saturated carbocycles. The third-order valence-electron chi connectivity index (χ3n) is 2.23. The highest BCUT2D eigenvalue weighted by atomic mass is 32.2. The van der Waals surface area contributed by atoms with Gasteiger partial charge in [0, 0.05) is 34.7 Å². The molecule has 5 heteroatoms. The largest absolute Gasteiger partial charge is 0.369 e. The Morgan fingerprint density at radius 1 is 0.750 bits per heavy atom. The Balaban J connectivity index is 3.28. The summed E-state index contributed by atoms with van der Waals surface area (Å²) >= 11 is 7.98. The van der Waals surface area contributed by atoms with E-state index in [9.17, 15) is 0 Å². The highest BCUT2D eigenvalue weighted by molar-refractivity contribution is 8.05. The molecule has 0 amide bonds. The second kappa shape index (κ2) is 8.25. The standard InChI is InChI=1S/C15H27NS4/c1-9(2)17-12-13(18-10(3)4)15(19-11(5)6)20-14(12)16(7)8/h9-11H,1-8H3. The topological polar surface area (TPSA) is 3.24 Å². The van der Waals surface area contributed by atoms with Crippen molar-refractivity contribution in [3.63, 3.8) is 0 Å². The van der Waals surface area contributed by atoms with Crippen LogP contribution < -0.4 is 4.90 Å². The summed E-state index contributed by atoms with van der Waals surface area (Å²) in [7, 11) is 4.31. The van der Waals surface area contributed by atoms with Gasteiger partial charge in [-0.25, -0.2) is 0 Å². The summed E-state index contributed by atoms with van der Waals surface area (Å²) in [6.07, 6.45) is 0. The van der Waals surface area contributed by atoms with Crippen LogP contribution in [-0.2, 0) is 0 Å². The van der Waals surface area contributed by atoms with Crippen molar-refractivity contribution < 1.29 is 0 Å². The Hall–Kier alpha value is 0.550. The molecule has 0 aliphatic heterocycles. The molecule has 0 saturated heterocycles. The highest BCUT2D eigenvalue weighted by Gasteiger charge is 2.23. The molecule has 0 aliphatic rings. The van der Waals surface area contributed by atoms with Gasteiger partial charge < -0.3 is 4.90 Å². The summed E-state index contributed by atoms with van der Waals surface area (Å²) in [4.78, 5) is 5.26. The predicted molar refractivity (Wildman–Crippen MR) is 102 cm³/mol. The summed E-state index contributed by atoms with van der Waals surface area (Å²) in [6.45, 7) is 13.7. The van der Waals surface area contributed by atoms with Crippen molar-refractivity contribution in [2.75, 3.05) is 19.0 Å². The van der Waals surface area contributed by atoms with Crippen LogP contribution in [0.5, 0.6) is 0 Å². The van der Waals surface area contributed by atoms with E-state index in [1.807, 2.05) is 46.6 Å². The van der Waals surface area contributed by atoms with Crippen molar-refractivity contribution in [2.24, 2.45) is 0 Å². The first kappa shape index (κ1) is 18.6. The molecule has 116 valence electrons. The Morgan fingerprint density at radius 2 is 1.20 bits per heavy atom. The Labute approximate surface area is 141 Å². The van der Waals surface area contributed by atoms with Gasteiger partial charge in [-0.2, -0.15) is 0 Å². The van der Waals surface area contributed by atoms with E-state index >= 15 is 0 Å². The van der Waals surface area contributed by atoms with E-state index in [1.54, 1.807) is 0 Å². The molecule has 0 bridgehead atoms. The lowest BCUT2D eigenvalue weighted by Gasteiger charge is -2.15. The fourth-order valence-corrected chi connectivity index (χ4v) is 7.07. The third kappa shape index (κ3) is 5.39. The fourth-order valence-electron chi connectivity index (χ4n) is 1.63. The summed E-state index contributed by atoms with van der Waals surface area (Å²) in [5.41, 5.74) is 0. The lowest BCUT2D eigenvalue weighted by molar-refractivity contribution is 1.05. The van der Waals surface area contributed by atoms with E-state index in [1.165, 1.54) is 19.0 Å². The highest BCUT2D eigenvalue weighted by Crippen LogP contribution is 2.52. The lowest BCUT2D eigenvalue weighted by Crippen LogP contribution is -2.08. The number of anilines is 1. The van der Waals surface area contributed by atoms with Gasteiger partial charge in [0.05, 0.1) is 9.10 Å². The first-order valence-corrected chi connectivity index (χ1v) is 10.5. The van der Waals surface area contributed by atoms with Crippen LogP contribution in [0.15, 0.2) is 14.0 Å². The molecule has 1 aromatic rings. The van der Waals surface area contributed by atoms with E-state index < -0.39 is 0 Å². The minimum atomic E-state index is 0.617. The average molecular weight is 350 g/mol. The number of nitrogens with zero attached hydrogens (tertiary/aromatic N) is 1. The molecule has 0 unspecified atom stereocenters.